The van der Waals surface area contributed by atoms with E-state index in [0.29, 0.717) is 0 Å². The summed E-state index contributed by atoms with van der Waals surface area (Å²) in [6, 6.07) is -0.901. The Morgan fingerprint density at radius 1 is 1.53 bits per heavy atom. The Morgan fingerprint density at radius 2 is 2.12 bits per heavy atom. The highest BCUT2D eigenvalue weighted by molar-refractivity contribution is 5.72. The second kappa shape index (κ2) is 5.22. The number of nitrogens with zero attached hydrogens (tertiary/aromatic N) is 1. The van der Waals surface area contributed by atoms with Crippen molar-refractivity contribution >= 4 is 5.97 Å². The van der Waals surface area contributed by atoms with Gasteiger partial charge in [0.25, 0.3) is 0 Å². The van der Waals surface area contributed by atoms with Gasteiger partial charge in [0.15, 0.2) is 0 Å². The molecule has 0 aromatic carbocycles. The quantitative estimate of drug-likeness (QED) is 0.820. The second-order valence-corrected chi connectivity index (χ2v) is 4.33. The van der Waals surface area contributed by atoms with E-state index in [0.717, 1.165) is 0 Å². The second-order valence-electron chi connectivity index (χ2n) is 4.33. The molecule has 1 aliphatic heterocycles. The maximum atomic E-state index is 12.7. The number of carboxylic acids is 1. The highest BCUT2D eigenvalue weighted by Gasteiger charge is 2.50. The third-order valence-electron chi connectivity index (χ3n) is 3.18. The van der Waals surface area contributed by atoms with Crippen molar-refractivity contribution in [2.45, 2.75) is 19.1 Å². The summed E-state index contributed by atoms with van der Waals surface area (Å²) in [6.45, 7) is 1.22. The number of halogens is 3. The monoisotopic (exact) mass is 255 g/mol. The average Bonchev–Trinajstić information content (AvgIpc) is 2.60. The molecular formula is C10H16F3NO3. The van der Waals surface area contributed by atoms with Crippen LogP contribution in [-0.4, -0.2) is 55.0 Å². The first-order chi connectivity index (χ1) is 7.77. The summed E-state index contributed by atoms with van der Waals surface area (Å²) in [5.74, 6) is -3.31. The van der Waals surface area contributed by atoms with Gasteiger partial charge in [-0.05, 0) is 6.92 Å². The van der Waals surface area contributed by atoms with Crippen molar-refractivity contribution < 1.29 is 27.8 Å². The molecule has 7 heteroatoms. The molecule has 17 heavy (non-hydrogen) atoms. The molecule has 0 aromatic rings. The number of rotatable bonds is 4. The van der Waals surface area contributed by atoms with Crippen LogP contribution in [-0.2, 0) is 9.53 Å². The number of hydrogen-bond donors (Lipinski definition) is 1. The minimum absolute atomic E-state index is 0.00693. The Kier molecular flexibility index (Phi) is 4.37. The van der Waals surface area contributed by atoms with Gasteiger partial charge in [-0.15, -0.1) is 0 Å². The first-order valence-corrected chi connectivity index (χ1v) is 5.30. The summed E-state index contributed by atoms with van der Waals surface area (Å²) in [5, 5.41) is 8.79. The van der Waals surface area contributed by atoms with Crippen LogP contribution in [0, 0.1) is 11.8 Å². The van der Waals surface area contributed by atoms with Crippen LogP contribution in [0.5, 0.6) is 0 Å². The number of carbonyl (C=O) groups is 1. The normalized spacial score (nSPS) is 28.3. The number of aliphatic carboxylic acids is 1. The third kappa shape index (κ3) is 3.32. The lowest BCUT2D eigenvalue weighted by Crippen LogP contribution is -2.38. The molecule has 0 saturated carbocycles. The zero-order valence-electron chi connectivity index (χ0n) is 9.70. The number of ether oxygens (including phenoxy) is 1. The van der Waals surface area contributed by atoms with Crippen molar-refractivity contribution in [2.75, 3.05) is 26.8 Å². The lowest BCUT2D eigenvalue weighted by Gasteiger charge is -2.21. The van der Waals surface area contributed by atoms with Gasteiger partial charge in [-0.25, -0.2) is 0 Å². The molecule has 0 bridgehead atoms. The molecule has 1 fully saturated rings. The highest BCUT2D eigenvalue weighted by atomic mass is 19.4. The van der Waals surface area contributed by atoms with E-state index in [4.69, 9.17) is 9.84 Å². The minimum Gasteiger partial charge on any atom is -0.480 e. The van der Waals surface area contributed by atoms with Gasteiger partial charge in [0, 0.05) is 26.1 Å². The molecule has 0 aliphatic carbocycles. The van der Waals surface area contributed by atoms with Gasteiger partial charge in [0.2, 0.25) is 0 Å². The Hall–Kier alpha value is -0.820. The van der Waals surface area contributed by atoms with Crippen molar-refractivity contribution in [1.29, 1.82) is 0 Å². The molecule has 100 valence electrons. The fourth-order valence-electron chi connectivity index (χ4n) is 2.13. The molecule has 1 rings (SSSR count). The molecule has 1 heterocycles. The predicted octanol–water partition coefficient (Wildman–Crippen LogP) is 1.22. The predicted molar refractivity (Wildman–Crippen MR) is 53.6 cm³/mol. The van der Waals surface area contributed by atoms with Crippen LogP contribution in [0.2, 0.25) is 0 Å². The van der Waals surface area contributed by atoms with E-state index in [2.05, 4.69) is 0 Å². The minimum atomic E-state index is -4.31. The zero-order valence-corrected chi connectivity index (χ0v) is 9.70. The van der Waals surface area contributed by atoms with E-state index >= 15 is 0 Å². The molecular weight excluding hydrogens is 239 g/mol. The van der Waals surface area contributed by atoms with Crippen molar-refractivity contribution in [1.82, 2.24) is 4.90 Å². The van der Waals surface area contributed by atoms with Crippen LogP contribution in [0.4, 0.5) is 13.2 Å². The summed E-state index contributed by atoms with van der Waals surface area (Å²) in [4.78, 5) is 12.1. The van der Waals surface area contributed by atoms with Crippen LogP contribution in [0.15, 0.2) is 0 Å². The zero-order chi connectivity index (χ0) is 13.2. The maximum absolute atomic E-state index is 12.7. The molecule has 3 atom stereocenters. The van der Waals surface area contributed by atoms with E-state index in [1.807, 2.05) is 0 Å². The molecule has 0 aromatic heterocycles. The van der Waals surface area contributed by atoms with E-state index in [-0.39, 0.29) is 19.7 Å². The average molecular weight is 255 g/mol. The first kappa shape index (κ1) is 14.2. The van der Waals surface area contributed by atoms with Crippen LogP contribution < -0.4 is 0 Å². The summed E-state index contributed by atoms with van der Waals surface area (Å²) in [5.41, 5.74) is 0. The SMILES string of the molecule is COC[C@@H]1CN([C@H](C)C(=O)O)C[C@@H]1C(F)(F)F. The molecule has 0 amide bonds. The standard InChI is InChI=1S/C10H16F3NO3/c1-6(9(15)16)14-3-7(5-17-2)8(4-14)10(11,12)13/h6-8H,3-5H2,1-2H3,(H,15,16)/t6-,7+,8+/m1/s1. The van der Waals surface area contributed by atoms with Gasteiger partial charge in [-0.2, -0.15) is 13.2 Å². The smallest absolute Gasteiger partial charge is 0.393 e. The third-order valence-corrected chi connectivity index (χ3v) is 3.18. The largest absolute Gasteiger partial charge is 0.480 e. The van der Waals surface area contributed by atoms with Gasteiger partial charge < -0.3 is 9.84 Å². The fourth-order valence-corrected chi connectivity index (χ4v) is 2.13. The summed E-state index contributed by atoms with van der Waals surface area (Å²) < 4.78 is 43.0. The van der Waals surface area contributed by atoms with Gasteiger partial charge in [-0.1, -0.05) is 0 Å². The highest BCUT2D eigenvalue weighted by Crippen LogP contribution is 2.38. The van der Waals surface area contributed by atoms with Crippen LogP contribution >= 0.6 is 0 Å². The summed E-state index contributed by atoms with van der Waals surface area (Å²) in [6.07, 6.45) is -4.31. The Bertz CT molecular complexity index is 282. The lowest BCUT2D eigenvalue weighted by atomic mass is 9.96. The molecule has 1 saturated heterocycles. The van der Waals surface area contributed by atoms with E-state index < -0.39 is 30.0 Å². The van der Waals surface area contributed by atoms with Crippen LogP contribution in [0.25, 0.3) is 0 Å². The lowest BCUT2D eigenvalue weighted by molar-refractivity contribution is -0.184. The molecule has 1 N–H and O–H groups in total. The van der Waals surface area contributed by atoms with Crippen molar-refractivity contribution in [3.63, 3.8) is 0 Å². The van der Waals surface area contributed by atoms with Gasteiger partial charge in [0.1, 0.15) is 6.04 Å². The van der Waals surface area contributed by atoms with E-state index in [1.54, 1.807) is 0 Å². The number of carboxylic acid groups (broad SMARTS) is 1. The number of methoxy groups -OCH3 is 1. The van der Waals surface area contributed by atoms with E-state index in [9.17, 15) is 18.0 Å². The van der Waals surface area contributed by atoms with Gasteiger partial charge >= 0.3 is 12.1 Å². The topological polar surface area (TPSA) is 49.8 Å². The molecule has 0 radical (unpaired) electrons. The Balaban J connectivity index is 2.75. The van der Waals surface area contributed by atoms with E-state index in [1.165, 1.54) is 18.9 Å². The van der Waals surface area contributed by atoms with Crippen LogP contribution in [0.3, 0.4) is 0 Å². The molecule has 1 aliphatic rings. The molecule has 0 spiro atoms. The molecule has 4 nitrogen and oxygen atoms in total. The van der Waals surface area contributed by atoms with Gasteiger partial charge in [0.05, 0.1) is 12.5 Å². The van der Waals surface area contributed by atoms with Crippen molar-refractivity contribution in [3.05, 3.63) is 0 Å². The number of likely N-dealkylation sites (tertiary alicyclic amines) is 1. The Morgan fingerprint density at radius 3 is 2.53 bits per heavy atom. The number of alkyl halides is 3. The van der Waals surface area contributed by atoms with Crippen LogP contribution in [0.1, 0.15) is 6.92 Å². The number of hydrogen-bond acceptors (Lipinski definition) is 3. The van der Waals surface area contributed by atoms with Crippen molar-refractivity contribution in [3.8, 4) is 0 Å². The first-order valence-electron chi connectivity index (χ1n) is 5.30. The summed E-state index contributed by atoms with van der Waals surface area (Å²) >= 11 is 0. The molecule has 0 unspecified atom stereocenters. The maximum Gasteiger partial charge on any atom is 0.393 e. The van der Waals surface area contributed by atoms with Crippen molar-refractivity contribution in [2.24, 2.45) is 11.8 Å². The fraction of sp³-hybridized carbons (Fsp3) is 0.900. The van der Waals surface area contributed by atoms with Gasteiger partial charge in [-0.3, -0.25) is 9.69 Å². The Labute approximate surface area is 97.3 Å². The summed E-state index contributed by atoms with van der Waals surface area (Å²) in [7, 11) is 1.34.